The van der Waals surface area contributed by atoms with Gasteiger partial charge in [-0.25, -0.2) is 0 Å². The van der Waals surface area contributed by atoms with Crippen molar-refractivity contribution in [1.82, 2.24) is 0 Å². The molecule has 0 saturated heterocycles. The van der Waals surface area contributed by atoms with Crippen LogP contribution in [0.4, 0.5) is 11.4 Å². The van der Waals surface area contributed by atoms with Crippen molar-refractivity contribution in [3.8, 4) is 5.75 Å². The molecule has 0 unspecified atom stereocenters. The number of azo groups is 1. The predicted molar refractivity (Wildman–Crippen MR) is 69.1 cm³/mol. The van der Waals surface area contributed by atoms with Gasteiger partial charge in [0.1, 0.15) is 5.75 Å². The molecule has 0 aliphatic carbocycles. The Morgan fingerprint density at radius 2 is 1.61 bits per heavy atom. The number of rotatable bonds is 3. The van der Waals surface area contributed by atoms with Gasteiger partial charge in [0.25, 0.3) is 0 Å². The molecule has 18 heavy (non-hydrogen) atoms. The zero-order valence-electron chi connectivity index (χ0n) is 9.25. The maximum absolute atomic E-state index is 10.5. The topological polar surface area (TPSA) is 62.0 Å². The molecule has 90 valence electrons. The van der Waals surface area contributed by atoms with Gasteiger partial charge in [0.05, 0.1) is 16.9 Å². The van der Waals surface area contributed by atoms with Crippen LogP contribution < -0.4 is 0 Å². The fourth-order valence-electron chi connectivity index (χ4n) is 1.32. The summed E-state index contributed by atoms with van der Waals surface area (Å²) in [4.78, 5) is 10.5. The minimum atomic E-state index is -0.113. The van der Waals surface area contributed by atoms with E-state index in [4.69, 9.17) is 11.6 Å². The van der Waals surface area contributed by atoms with Crippen LogP contribution in [0.2, 0.25) is 5.02 Å². The highest BCUT2D eigenvalue weighted by Gasteiger charge is 2.00. The van der Waals surface area contributed by atoms with E-state index >= 15 is 0 Å². The van der Waals surface area contributed by atoms with E-state index in [1.165, 1.54) is 12.1 Å². The number of phenolic OH excluding ortho intramolecular Hbond substituents is 1. The molecule has 0 fully saturated rings. The van der Waals surface area contributed by atoms with Gasteiger partial charge >= 0.3 is 0 Å². The summed E-state index contributed by atoms with van der Waals surface area (Å²) in [7, 11) is 0. The Bertz CT molecular complexity index is 594. The summed E-state index contributed by atoms with van der Waals surface area (Å²) in [6.45, 7) is 0. The molecule has 2 aromatic carbocycles. The quantitative estimate of drug-likeness (QED) is 0.661. The third-order valence-corrected chi connectivity index (χ3v) is 2.50. The molecule has 0 atom stereocenters. The molecule has 0 bridgehead atoms. The summed E-state index contributed by atoms with van der Waals surface area (Å²) >= 11 is 5.74. The van der Waals surface area contributed by atoms with Crippen LogP contribution in [0.3, 0.4) is 0 Å². The standard InChI is InChI=1S/C13H9ClN2O2/c14-10-2-5-11(6-3-10)15-16-12-4-1-9(8-17)13(18)7-12/h1-8,18H. The van der Waals surface area contributed by atoms with Gasteiger partial charge in [-0.05, 0) is 36.4 Å². The molecule has 0 heterocycles. The minimum Gasteiger partial charge on any atom is -0.507 e. The number of benzene rings is 2. The number of aldehydes is 1. The Morgan fingerprint density at radius 1 is 1.00 bits per heavy atom. The maximum atomic E-state index is 10.5. The van der Waals surface area contributed by atoms with Crippen molar-refractivity contribution in [2.24, 2.45) is 10.2 Å². The molecule has 5 heteroatoms. The second-order valence-corrected chi connectivity index (χ2v) is 3.97. The molecule has 0 aromatic heterocycles. The first kappa shape index (κ1) is 12.3. The van der Waals surface area contributed by atoms with Crippen molar-refractivity contribution >= 4 is 29.3 Å². The fourth-order valence-corrected chi connectivity index (χ4v) is 1.44. The van der Waals surface area contributed by atoms with E-state index in [1.54, 1.807) is 30.3 Å². The van der Waals surface area contributed by atoms with Crippen LogP contribution in [0, 0.1) is 0 Å². The first-order valence-corrected chi connectivity index (χ1v) is 5.52. The summed E-state index contributed by atoms with van der Waals surface area (Å²) < 4.78 is 0. The molecule has 2 aromatic rings. The number of carbonyl (C=O) groups excluding carboxylic acids is 1. The van der Waals surface area contributed by atoms with E-state index in [-0.39, 0.29) is 11.3 Å². The second kappa shape index (κ2) is 5.42. The summed E-state index contributed by atoms with van der Waals surface area (Å²) in [6, 6.07) is 11.3. The van der Waals surface area contributed by atoms with Crippen LogP contribution in [0.15, 0.2) is 52.7 Å². The van der Waals surface area contributed by atoms with Crippen molar-refractivity contribution in [2.45, 2.75) is 0 Å². The van der Waals surface area contributed by atoms with Crippen LogP contribution in [-0.2, 0) is 0 Å². The van der Waals surface area contributed by atoms with Crippen molar-refractivity contribution < 1.29 is 9.90 Å². The van der Waals surface area contributed by atoms with Gasteiger partial charge < -0.3 is 5.11 Å². The number of hydrogen-bond acceptors (Lipinski definition) is 4. The highest BCUT2D eigenvalue weighted by Crippen LogP contribution is 2.25. The lowest BCUT2D eigenvalue weighted by atomic mass is 10.2. The average molecular weight is 261 g/mol. The summed E-state index contributed by atoms with van der Waals surface area (Å²) in [6.07, 6.45) is 0.579. The van der Waals surface area contributed by atoms with Gasteiger partial charge in [0.15, 0.2) is 6.29 Å². The van der Waals surface area contributed by atoms with Crippen LogP contribution in [0.1, 0.15) is 10.4 Å². The van der Waals surface area contributed by atoms with Crippen molar-refractivity contribution in [2.75, 3.05) is 0 Å². The van der Waals surface area contributed by atoms with Crippen molar-refractivity contribution in [1.29, 1.82) is 0 Å². The Hall–Kier alpha value is -2.20. The second-order valence-electron chi connectivity index (χ2n) is 3.54. The summed E-state index contributed by atoms with van der Waals surface area (Å²) in [5, 5.41) is 18.0. The van der Waals surface area contributed by atoms with Crippen LogP contribution in [-0.4, -0.2) is 11.4 Å². The lowest BCUT2D eigenvalue weighted by Gasteiger charge is -1.97. The summed E-state index contributed by atoms with van der Waals surface area (Å²) in [5.74, 6) is -0.113. The van der Waals surface area contributed by atoms with Crippen molar-refractivity contribution in [3.05, 3.63) is 53.1 Å². The third-order valence-electron chi connectivity index (χ3n) is 2.25. The monoisotopic (exact) mass is 260 g/mol. The molecule has 0 aliphatic heterocycles. The number of carbonyl (C=O) groups is 1. The molecule has 2 rings (SSSR count). The zero-order chi connectivity index (χ0) is 13.0. The Morgan fingerprint density at radius 3 is 2.22 bits per heavy atom. The smallest absolute Gasteiger partial charge is 0.153 e. The molecule has 0 saturated carbocycles. The molecule has 0 spiro atoms. The summed E-state index contributed by atoms with van der Waals surface area (Å²) in [5.41, 5.74) is 1.34. The SMILES string of the molecule is O=Cc1ccc(N=Nc2ccc(Cl)cc2)cc1O. The molecular formula is C13H9ClN2O2. The minimum absolute atomic E-state index is 0.113. The van der Waals surface area contributed by atoms with Crippen molar-refractivity contribution in [3.63, 3.8) is 0 Å². The molecule has 0 radical (unpaired) electrons. The number of nitrogens with zero attached hydrogens (tertiary/aromatic N) is 2. The largest absolute Gasteiger partial charge is 0.507 e. The lowest BCUT2D eigenvalue weighted by molar-refractivity contribution is 0.112. The van der Waals surface area contributed by atoms with Gasteiger partial charge in [-0.3, -0.25) is 4.79 Å². The first-order chi connectivity index (χ1) is 8.69. The lowest BCUT2D eigenvalue weighted by Crippen LogP contribution is -1.79. The van der Waals surface area contributed by atoms with E-state index in [0.29, 0.717) is 22.7 Å². The predicted octanol–water partition coefficient (Wildman–Crippen LogP) is 4.27. The number of aromatic hydroxyl groups is 1. The number of halogens is 1. The molecule has 0 aliphatic rings. The molecule has 4 nitrogen and oxygen atoms in total. The Labute approximate surface area is 109 Å². The van der Waals surface area contributed by atoms with Gasteiger partial charge in [-0.2, -0.15) is 10.2 Å². The Balaban J connectivity index is 2.21. The van der Waals surface area contributed by atoms with Crippen LogP contribution >= 0.6 is 11.6 Å². The van der Waals surface area contributed by atoms with E-state index in [1.807, 2.05) is 0 Å². The first-order valence-electron chi connectivity index (χ1n) is 5.14. The molecular weight excluding hydrogens is 252 g/mol. The average Bonchev–Trinajstić information content (AvgIpc) is 2.38. The van der Waals surface area contributed by atoms with E-state index in [9.17, 15) is 9.90 Å². The van der Waals surface area contributed by atoms with E-state index < -0.39 is 0 Å². The molecule has 0 amide bonds. The maximum Gasteiger partial charge on any atom is 0.153 e. The van der Waals surface area contributed by atoms with E-state index in [2.05, 4.69) is 10.2 Å². The number of phenols is 1. The Kier molecular flexibility index (Phi) is 3.69. The fraction of sp³-hybridized carbons (Fsp3) is 0. The normalized spacial score (nSPS) is 10.7. The van der Waals surface area contributed by atoms with Crippen LogP contribution in [0.25, 0.3) is 0 Å². The van der Waals surface area contributed by atoms with Crippen LogP contribution in [0.5, 0.6) is 5.75 Å². The molecule has 1 N–H and O–H groups in total. The van der Waals surface area contributed by atoms with Gasteiger partial charge in [0, 0.05) is 11.1 Å². The highest BCUT2D eigenvalue weighted by molar-refractivity contribution is 6.30. The van der Waals surface area contributed by atoms with Gasteiger partial charge in [-0.15, -0.1) is 0 Å². The van der Waals surface area contributed by atoms with Gasteiger partial charge in [0.2, 0.25) is 0 Å². The highest BCUT2D eigenvalue weighted by atomic mass is 35.5. The van der Waals surface area contributed by atoms with E-state index in [0.717, 1.165) is 0 Å². The van der Waals surface area contributed by atoms with Gasteiger partial charge in [-0.1, -0.05) is 11.6 Å². The third kappa shape index (κ3) is 2.93. The number of hydrogen-bond donors (Lipinski definition) is 1. The zero-order valence-corrected chi connectivity index (χ0v) is 10.0.